The van der Waals surface area contributed by atoms with Crippen LogP contribution in [0.4, 0.5) is 23.2 Å². The van der Waals surface area contributed by atoms with E-state index in [1.54, 1.807) is 0 Å². The predicted octanol–water partition coefficient (Wildman–Crippen LogP) is 1.69. The molecule has 0 fully saturated rings. The molecule has 3 nitrogen and oxygen atoms in total. The van der Waals surface area contributed by atoms with Gasteiger partial charge in [-0.3, -0.25) is 0 Å². The minimum absolute atomic E-state index is 0.451. The highest BCUT2D eigenvalue weighted by molar-refractivity contribution is 7.90. The van der Waals surface area contributed by atoms with Gasteiger partial charge in [-0.05, 0) is 0 Å². The molecule has 0 saturated heterocycles. The molecule has 0 atom stereocenters. The van der Waals surface area contributed by atoms with Crippen LogP contribution >= 0.6 is 0 Å². The minimum Gasteiger partial charge on any atom is -0.383 e. The number of rotatable bonds is 2. The third-order valence-electron chi connectivity index (χ3n) is 1.84. The van der Waals surface area contributed by atoms with Crippen LogP contribution in [0.25, 0.3) is 0 Å². The third-order valence-corrected chi connectivity index (χ3v) is 2.94. The molecule has 1 aromatic carbocycles. The molecule has 16 heavy (non-hydrogen) atoms. The predicted molar refractivity (Wildman–Crippen MR) is 48.9 cm³/mol. The van der Waals surface area contributed by atoms with Gasteiger partial charge in [0.15, 0.2) is 33.1 Å². The Bertz CT molecular complexity index is 512. The van der Waals surface area contributed by atoms with E-state index < -0.39 is 43.7 Å². The van der Waals surface area contributed by atoms with Crippen molar-refractivity contribution in [3.63, 3.8) is 0 Å². The maximum atomic E-state index is 13.2. The van der Waals surface area contributed by atoms with Crippen LogP contribution in [-0.4, -0.2) is 21.7 Å². The lowest BCUT2D eigenvalue weighted by Gasteiger charge is -2.09. The van der Waals surface area contributed by atoms with Gasteiger partial charge in [0.1, 0.15) is 10.6 Å². The lowest BCUT2D eigenvalue weighted by molar-refractivity contribution is 0.424. The summed E-state index contributed by atoms with van der Waals surface area (Å²) in [4.78, 5) is -1.61. The SMILES string of the molecule is CNc1c(F)c(F)c(S(C)(=O)=O)c(F)c1F. The van der Waals surface area contributed by atoms with Crippen LogP contribution in [0.1, 0.15) is 0 Å². The maximum Gasteiger partial charge on any atom is 0.186 e. The van der Waals surface area contributed by atoms with E-state index in [-0.39, 0.29) is 0 Å². The molecule has 0 radical (unpaired) electrons. The molecule has 8 heteroatoms. The van der Waals surface area contributed by atoms with E-state index in [0.717, 1.165) is 7.05 Å². The van der Waals surface area contributed by atoms with Gasteiger partial charge in [-0.25, -0.2) is 26.0 Å². The smallest absolute Gasteiger partial charge is 0.186 e. The molecule has 0 bridgehead atoms. The number of sulfone groups is 1. The Labute approximate surface area is 89.0 Å². The highest BCUT2D eigenvalue weighted by Crippen LogP contribution is 2.30. The fourth-order valence-corrected chi connectivity index (χ4v) is 1.99. The van der Waals surface area contributed by atoms with Crippen molar-refractivity contribution in [3.8, 4) is 0 Å². The van der Waals surface area contributed by atoms with Crippen molar-refractivity contribution < 1.29 is 26.0 Å². The average molecular weight is 257 g/mol. The van der Waals surface area contributed by atoms with Gasteiger partial charge in [0.25, 0.3) is 0 Å². The van der Waals surface area contributed by atoms with Gasteiger partial charge < -0.3 is 5.32 Å². The van der Waals surface area contributed by atoms with Crippen LogP contribution in [0.3, 0.4) is 0 Å². The Hall–Kier alpha value is -1.31. The van der Waals surface area contributed by atoms with Crippen LogP contribution in [0, 0.1) is 23.3 Å². The zero-order valence-corrected chi connectivity index (χ0v) is 9.05. The van der Waals surface area contributed by atoms with E-state index in [1.165, 1.54) is 0 Å². The van der Waals surface area contributed by atoms with Gasteiger partial charge in [-0.2, -0.15) is 0 Å². The second-order valence-corrected chi connectivity index (χ2v) is 4.93. The van der Waals surface area contributed by atoms with E-state index in [0.29, 0.717) is 6.26 Å². The first-order valence-electron chi connectivity index (χ1n) is 3.95. The van der Waals surface area contributed by atoms with E-state index in [1.807, 2.05) is 5.32 Å². The summed E-state index contributed by atoms with van der Waals surface area (Å²) in [7, 11) is -3.35. The summed E-state index contributed by atoms with van der Waals surface area (Å²) in [5, 5.41) is 1.90. The van der Waals surface area contributed by atoms with Crippen molar-refractivity contribution in [1.82, 2.24) is 0 Å². The quantitative estimate of drug-likeness (QED) is 0.647. The Morgan fingerprint density at radius 2 is 1.31 bits per heavy atom. The molecule has 90 valence electrons. The first kappa shape index (κ1) is 12.8. The van der Waals surface area contributed by atoms with Crippen molar-refractivity contribution in [1.29, 1.82) is 0 Å². The van der Waals surface area contributed by atoms with Crippen LogP contribution in [0.2, 0.25) is 0 Å². The number of hydrogen-bond acceptors (Lipinski definition) is 3. The van der Waals surface area contributed by atoms with E-state index in [4.69, 9.17) is 0 Å². The van der Waals surface area contributed by atoms with E-state index >= 15 is 0 Å². The first-order valence-corrected chi connectivity index (χ1v) is 5.84. The lowest BCUT2D eigenvalue weighted by atomic mass is 10.2. The standard InChI is InChI=1S/C8H7F4NO2S/c1-13-7-3(9)5(11)8(16(2,14)15)6(12)4(7)10/h13H,1-2H3. The molecule has 0 aromatic heterocycles. The molecule has 0 aliphatic heterocycles. The normalized spacial score (nSPS) is 11.6. The monoisotopic (exact) mass is 257 g/mol. The first-order chi connectivity index (χ1) is 7.21. The number of anilines is 1. The van der Waals surface area contributed by atoms with Crippen LogP contribution in [0.15, 0.2) is 4.90 Å². The molecule has 0 amide bonds. The molecule has 0 saturated carbocycles. The molecule has 0 aliphatic rings. The third kappa shape index (κ3) is 1.84. The van der Waals surface area contributed by atoms with Crippen molar-refractivity contribution >= 4 is 15.5 Å². The Morgan fingerprint density at radius 1 is 0.938 bits per heavy atom. The van der Waals surface area contributed by atoms with Crippen molar-refractivity contribution in [2.24, 2.45) is 0 Å². The lowest BCUT2D eigenvalue weighted by Crippen LogP contribution is -2.12. The molecule has 1 aromatic rings. The average Bonchev–Trinajstić information content (AvgIpc) is 2.14. The Balaban J connectivity index is 3.82. The van der Waals surface area contributed by atoms with Gasteiger partial charge in [-0.1, -0.05) is 0 Å². The number of hydrogen-bond donors (Lipinski definition) is 1. The summed E-state index contributed by atoms with van der Waals surface area (Å²) in [6.07, 6.45) is 0.451. The summed E-state index contributed by atoms with van der Waals surface area (Å²) < 4.78 is 74.5. The van der Waals surface area contributed by atoms with Gasteiger partial charge >= 0.3 is 0 Å². The summed E-state index contributed by atoms with van der Waals surface area (Å²) in [5.74, 6) is -7.43. The van der Waals surface area contributed by atoms with Crippen molar-refractivity contribution in [2.75, 3.05) is 18.6 Å². The van der Waals surface area contributed by atoms with Crippen LogP contribution in [-0.2, 0) is 9.84 Å². The Kier molecular flexibility index (Phi) is 3.13. The highest BCUT2D eigenvalue weighted by Gasteiger charge is 2.30. The molecule has 0 heterocycles. The zero-order valence-electron chi connectivity index (χ0n) is 8.24. The molecular weight excluding hydrogens is 250 g/mol. The maximum absolute atomic E-state index is 13.2. The van der Waals surface area contributed by atoms with E-state index in [2.05, 4.69) is 0 Å². The van der Waals surface area contributed by atoms with Gasteiger partial charge in [0, 0.05) is 13.3 Å². The molecule has 0 aliphatic carbocycles. The van der Waals surface area contributed by atoms with Gasteiger partial charge in [-0.15, -0.1) is 0 Å². The highest BCUT2D eigenvalue weighted by atomic mass is 32.2. The molecule has 1 N–H and O–H groups in total. The summed E-state index contributed by atoms with van der Waals surface area (Å²) >= 11 is 0. The van der Waals surface area contributed by atoms with Crippen LogP contribution in [0.5, 0.6) is 0 Å². The van der Waals surface area contributed by atoms with E-state index in [9.17, 15) is 26.0 Å². The van der Waals surface area contributed by atoms with Crippen LogP contribution < -0.4 is 5.32 Å². The van der Waals surface area contributed by atoms with Gasteiger partial charge in [0.2, 0.25) is 0 Å². The molecule has 1 rings (SSSR count). The molecule has 0 unspecified atom stereocenters. The largest absolute Gasteiger partial charge is 0.383 e. The van der Waals surface area contributed by atoms with Crippen molar-refractivity contribution in [3.05, 3.63) is 23.3 Å². The fraction of sp³-hybridized carbons (Fsp3) is 0.250. The molecule has 0 spiro atoms. The summed E-state index contributed by atoms with van der Waals surface area (Å²) in [6, 6.07) is 0. The number of halogens is 4. The Morgan fingerprint density at radius 3 is 1.56 bits per heavy atom. The number of nitrogens with one attached hydrogen (secondary N) is 1. The second kappa shape index (κ2) is 3.93. The van der Waals surface area contributed by atoms with Gasteiger partial charge in [0.05, 0.1) is 0 Å². The minimum atomic E-state index is -4.39. The molecular formula is C8H7F4NO2S. The second-order valence-electron chi connectivity index (χ2n) is 2.98. The summed E-state index contributed by atoms with van der Waals surface area (Å²) in [5.41, 5.74) is -1.05. The summed E-state index contributed by atoms with van der Waals surface area (Å²) in [6.45, 7) is 0. The van der Waals surface area contributed by atoms with Crippen molar-refractivity contribution in [2.45, 2.75) is 4.90 Å². The zero-order chi connectivity index (χ0) is 12.7. The fourth-order valence-electron chi connectivity index (χ4n) is 1.16. The topological polar surface area (TPSA) is 46.2 Å². The number of benzene rings is 1.